The van der Waals surface area contributed by atoms with Gasteiger partial charge in [0.25, 0.3) is 11.1 Å². The first-order chi connectivity index (χ1) is 14.9. The SMILES string of the molecule is CC(C)(Oc1ccc(Cl)cc1)C(=O)N1CCC(N2CCC(Oc3nccs3)CC2)CC1. The van der Waals surface area contributed by atoms with Crippen molar-refractivity contribution in [3.05, 3.63) is 40.9 Å². The van der Waals surface area contributed by atoms with Crippen LogP contribution < -0.4 is 9.47 Å². The molecular weight excluding hydrogens is 434 g/mol. The smallest absolute Gasteiger partial charge is 0.273 e. The van der Waals surface area contributed by atoms with E-state index < -0.39 is 5.60 Å². The maximum Gasteiger partial charge on any atom is 0.273 e. The van der Waals surface area contributed by atoms with Crippen LogP contribution in [0.2, 0.25) is 5.02 Å². The van der Waals surface area contributed by atoms with E-state index in [4.69, 9.17) is 21.1 Å². The second-order valence-electron chi connectivity index (χ2n) is 8.74. The highest BCUT2D eigenvalue weighted by molar-refractivity contribution is 7.11. The van der Waals surface area contributed by atoms with Gasteiger partial charge >= 0.3 is 0 Å². The predicted molar refractivity (Wildman–Crippen MR) is 123 cm³/mol. The minimum absolute atomic E-state index is 0.0384. The lowest BCUT2D eigenvalue weighted by Crippen LogP contribution is -2.54. The number of benzene rings is 1. The molecule has 0 saturated carbocycles. The Bertz CT molecular complexity index is 843. The maximum absolute atomic E-state index is 13.1. The number of halogens is 1. The molecule has 2 aliphatic heterocycles. The monoisotopic (exact) mass is 463 g/mol. The average Bonchev–Trinajstić information content (AvgIpc) is 3.28. The van der Waals surface area contributed by atoms with Gasteiger partial charge in [-0.25, -0.2) is 4.98 Å². The lowest BCUT2D eigenvalue weighted by molar-refractivity contribution is -0.147. The second kappa shape index (κ2) is 9.76. The van der Waals surface area contributed by atoms with E-state index in [9.17, 15) is 4.79 Å². The average molecular weight is 464 g/mol. The van der Waals surface area contributed by atoms with E-state index in [-0.39, 0.29) is 12.0 Å². The number of hydrogen-bond donors (Lipinski definition) is 0. The molecular formula is C23H30ClN3O3S. The van der Waals surface area contributed by atoms with Crippen LogP contribution in [0.3, 0.4) is 0 Å². The van der Waals surface area contributed by atoms with E-state index in [1.54, 1.807) is 41.8 Å². The molecule has 2 aromatic rings. The molecule has 6 nitrogen and oxygen atoms in total. The summed E-state index contributed by atoms with van der Waals surface area (Å²) in [5.74, 6) is 0.692. The van der Waals surface area contributed by atoms with Crippen molar-refractivity contribution in [3.63, 3.8) is 0 Å². The quantitative estimate of drug-likeness (QED) is 0.631. The third-order valence-electron chi connectivity index (χ3n) is 6.12. The van der Waals surface area contributed by atoms with Crippen molar-refractivity contribution in [2.24, 2.45) is 0 Å². The molecule has 2 fully saturated rings. The van der Waals surface area contributed by atoms with Crippen LogP contribution in [-0.4, -0.2) is 64.6 Å². The Hall–Kier alpha value is -1.83. The summed E-state index contributed by atoms with van der Waals surface area (Å²) >= 11 is 7.49. The Morgan fingerprint density at radius 2 is 1.77 bits per heavy atom. The molecule has 3 heterocycles. The van der Waals surface area contributed by atoms with Gasteiger partial charge < -0.3 is 14.4 Å². The van der Waals surface area contributed by atoms with Gasteiger partial charge in [0.05, 0.1) is 0 Å². The minimum Gasteiger partial charge on any atom is -0.478 e. The number of thiazole rings is 1. The fourth-order valence-electron chi connectivity index (χ4n) is 4.43. The van der Waals surface area contributed by atoms with Gasteiger partial charge in [0.2, 0.25) is 0 Å². The molecule has 168 valence electrons. The molecule has 1 amide bonds. The Kier molecular flexibility index (Phi) is 7.04. The number of carbonyl (C=O) groups is 1. The molecule has 0 aliphatic carbocycles. The van der Waals surface area contributed by atoms with E-state index in [1.165, 1.54) is 0 Å². The first-order valence-corrected chi connectivity index (χ1v) is 12.2. The number of aromatic nitrogens is 1. The Labute approximate surface area is 193 Å². The lowest BCUT2D eigenvalue weighted by atomic mass is 9.97. The summed E-state index contributed by atoms with van der Waals surface area (Å²) < 4.78 is 12.0. The summed E-state index contributed by atoms with van der Waals surface area (Å²) in [4.78, 5) is 21.8. The Balaban J connectivity index is 1.23. The predicted octanol–water partition coefficient (Wildman–Crippen LogP) is 4.49. The van der Waals surface area contributed by atoms with E-state index >= 15 is 0 Å². The van der Waals surface area contributed by atoms with Crippen molar-refractivity contribution in [2.45, 2.75) is 57.3 Å². The maximum atomic E-state index is 13.1. The Morgan fingerprint density at radius 3 is 2.39 bits per heavy atom. The number of rotatable bonds is 6. The second-order valence-corrected chi connectivity index (χ2v) is 10.0. The number of amides is 1. The van der Waals surface area contributed by atoms with Crippen molar-refractivity contribution >= 4 is 28.8 Å². The van der Waals surface area contributed by atoms with Gasteiger partial charge in [0, 0.05) is 48.8 Å². The molecule has 0 unspecified atom stereocenters. The van der Waals surface area contributed by atoms with Gasteiger partial charge in [0.15, 0.2) is 5.60 Å². The van der Waals surface area contributed by atoms with Crippen LogP contribution in [0.4, 0.5) is 0 Å². The summed E-state index contributed by atoms with van der Waals surface area (Å²) in [6, 6.07) is 7.67. The largest absolute Gasteiger partial charge is 0.478 e. The zero-order valence-corrected chi connectivity index (χ0v) is 19.7. The van der Waals surface area contributed by atoms with Crippen LogP contribution in [-0.2, 0) is 4.79 Å². The van der Waals surface area contributed by atoms with Gasteiger partial charge in [-0.15, -0.1) is 0 Å². The zero-order valence-electron chi connectivity index (χ0n) is 18.1. The van der Waals surface area contributed by atoms with Crippen LogP contribution in [0.1, 0.15) is 39.5 Å². The van der Waals surface area contributed by atoms with Crippen LogP contribution in [0.25, 0.3) is 0 Å². The molecule has 0 atom stereocenters. The molecule has 0 bridgehead atoms. The summed E-state index contributed by atoms with van der Waals surface area (Å²) in [5.41, 5.74) is -0.911. The van der Waals surface area contributed by atoms with E-state index in [1.807, 2.05) is 24.1 Å². The first kappa shape index (κ1) is 22.4. The van der Waals surface area contributed by atoms with E-state index in [0.29, 0.717) is 16.8 Å². The van der Waals surface area contributed by atoms with Crippen LogP contribution in [0, 0.1) is 0 Å². The molecule has 2 saturated heterocycles. The van der Waals surface area contributed by atoms with Crippen LogP contribution >= 0.6 is 22.9 Å². The van der Waals surface area contributed by atoms with Gasteiger partial charge in [-0.05, 0) is 63.8 Å². The van der Waals surface area contributed by atoms with Crippen molar-refractivity contribution < 1.29 is 14.3 Å². The van der Waals surface area contributed by atoms with Gasteiger partial charge in [-0.1, -0.05) is 22.9 Å². The van der Waals surface area contributed by atoms with Gasteiger partial charge in [0.1, 0.15) is 11.9 Å². The lowest BCUT2D eigenvalue weighted by Gasteiger charge is -2.42. The third-order valence-corrected chi connectivity index (χ3v) is 7.04. The summed E-state index contributed by atoms with van der Waals surface area (Å²) in [6.45, 7) is 7.30. The summed E-state index contributed by atoms with van der Waals surface area (Å²) in [5, 5.41) is 3.37. The highest BCUT2D eigenvalue weighted by Gasteiger charge is 2.37. The first-order valence-electron chi connectivity index (χ1n) is 10.9. The molecule has 31 heavy (non-hydrogen) atoms. The number of hydrogen-bond acceptors (Lipinski definition) is 6. The zero-order chi connectivity index (χ0) is 21.8. The van der Waals surface area contributed by atoms with Crippen LogP contribution in [0.15, 0.2) is 35.8 Å². The fraction of sp³-hybridized carbons (Fsp3) is 0.565. The highest BCUT2D eigenvalue weighted by Crippen LogP contribution is 2.27. The molecule has 1 aromatic heterocycles. The van der Waals surface area contributed by atoms with Crippen molar-refractivity contribution in [1.29, 1.82) is 0 Å². The normalized spacial score (nSPS) is 19.4. The molecule has 2 aliphatic rings. The van der Waals surface area contributed by atoms with Crippen LogP contribution in [0.5, 0.6) is 10.9 Å². The topological polar surface area (TPSA) is 54.9 Å². The van der Waals surface area contributed by atoms with Gasteiger partial charge in [-0.3, -0.25) is 9.69 Å². The standard InChI is InChI=1S/C23H30ClN3O3S/c1-23(2,30-20-5-3-17(24)4-6-20)21(28)27-12-7-18(8-13-27)26-14-9-19(10-15-26)29-22-25-11-16-31-22/h3-6,11,16,18-19H,7-10,12-15H2,1-2H3. The van der Waals surface area contributed by atoms with Crippen molar-refractivity contribution in [1.82, 2.24) is 14.8 Å². The number of carbonyl (C=O) groups excluding carboxylic acids is 1. The fourth-order valence-corrected chi connectivity index (χ4v) is 5.10. The van der Waals surface area contributed by atoms with Crippen molar-refractivity contribution in [2.75, 3.05) is 26.2 Å². The van der Waals surface area contributed by atoms with Crippen molar-refractivity contribution in [3.8, 4) is 10.9 Å². The number of piperidine rings is 2. The summed E-state index contributed by atoms with van der Waals surface area (Å²) in [7, 11) is 0. The molecule has 4 rings (SSSR count). The number of likely N-dealkylation sites (tertiary alicyclic amines) is 2. The molecule has 0 N–H and O–H groups in total. The molecule has 1 aromatic carbocycles. The molecule has 0 radical (unpaired) electrons. The molecule has 8 heteroatoms. The Morgan fingerprint density at radius 1 is 1.10 bits per heavy atom. The molecule has 0 spiro atoms. The van der Waals surface area contributed by atoms with E-state index in [2.05, 4.69) is 9.88 Å². The number of nitrogens with zero attached hydrogens (tertiary/aromatic N) is 3. The highest BCUT2D eigenvalue weighted by atomic mass is 35.5. The minimum atomic E-state index is -0.911. The third kappa shape index (κ3) is 5.70. The van der Waals surface area contributed by atoms with Gasteiger partial charge in [-0.2, -0.15) is 0 Å². The van der Waals surface area contributed by atoms with E-state index in [0.717, 1.165) is 57.1 Å². The summed E-state index contributed by atoms with van der Waals surface area (Å²) in [6.07, 6.45) is 6.10. The number of ether oxygens (including phenoxy) is 2.